The predicted octanol–water partition coefficient (Wildman–Crippen LogP) is 3.63. The summed E-state index contributed by atoms with van der Waals surface area (Å²) in [6, 6.07) is 14.1. The van der Waals surface area contributed by atoms with Crippen LogP contribution in [0, 0.1) is 12.7 Å². The lowest BCUT2D eigenvalue weighted by molar-refractivity contribution is -0.135. The zero-order valence-electron chi connectivity index (χ0n) is 16.0. The second-order valence-electron chi connectivity index (χ2n) is 8.00. The Balaban J connectivity index is 1.37. The van der Waals surface area contributed by atoms with Crippen LogP contribution in [0.15, 0.2) is 48.5 Å². The number of hydrogen-bond acceptors (Lipinski definition) is 2. The van der Waals surface area contributed by atoms with E-state index in [1.165, 1.54) is 29.8 Å². The average molecular weight is 380 g/mol. The van der Waals surface area contributed by atoms with Gasteiger partial charge in [0.15, 0.2) is 0 Å². The first-order valence-corrected chi connectivity index (χ1v) is 9.93. The largest absolute Gasteiger partial charge is 0.349 e. The molecule has 4 nitrogen and oxygen atoms in total. The lowest BCUT2D eigenvalue weighted by Gasteiger charge is -2.39. The van der Waals surface area contributed by atoms with Crippen molar-refractivity contribution in [1.29, 1.82) is 0 Å². The van der Waals surface area contributed by atoms with Gasteiger partial charge in [-0.25, -0.2) is 4.39 Å². The van der Waals surface area contributed by atoms with Gasteiger partial charge in [0.2, 0.25) is 5.91 Å². The summed E-state index contributed by atoms with van der Waals surface area (Å²) >= 11 is 0. The van der Waals surface area contributed by atoms with E-state index in [9.17, 15) is 14.0 Å². The predicted molar refractivity (Wildman–Crippen MR) is 105 cm³/mol. The molecular formula is C23H25FN2O2. The highest BCUT2D eigenvalue weighted by atomic mass is 19.1. The zero-order chi connectivity index (χ0) is 19.7. The third kappa shape index (κ3) is 3.93. The minimum Gasteiger partial charge on any atom is -0.349 e. The molecule has 2 amide bonds. The maximum atomic E-state index is 13.0. The molecule has 0 aromatic heterocycles. The molecule has 2 aromatic carbocycles. The van der Waals surface area contributed by atoms with E-state index < -0.39 is 0 Å². The van der Waals surface area contributed by atoms with Gasteiger partial charge < -0.3 is 10.2 Å². The van der Waals surface area contributed by atoms with Crippen molar-refractivity contribution in [3.05, 3.63) is 71.0 Å². The molecule has 146 valence electrons. The quantitative estimate of drug-likeness (QED) is 0.881. The minimum absolute atomic E-state index is 0.0541. The van der Waals surface area contributed by atoms with Gasteiger partial charge in [-0.2, -0.15) is 0 Å². The molecule has 2 unspecified atom stereocenters. The van der Waals surface area contributed by atoms with Crippen LogP contribution in [-0.4, -0.2) is 34.8 Å². The van der Waals surface area contributed by atoms with Gasteiger partial charge in [-0.1, -0.05) is 29.8 Å². The number of benzene rings is 2. The maximum Gasteiger partial charge on any atom is 0.251 e. The van der Waals surface area contributed by atoms with E-state index in [1.807, 2.05) is 31.2 Å². The van der Waals surface area contributed by atoms with Crippen LogP contribution < -0.4 is 5.32 Å². The van der Waals surface area contributed by atoms with Crippen molar-refractivity contribution in [3.8, 4) is 0 Å². The lowest BCUT2D eigenvalue weighted by Crippen LogP contribution is -2.52. The number of carbonyl (C=O) groups is 2. The molecule has 2 heterocycles. The Morgan fingerprint density at radius 3 is 2.21 bits per heavy atom. The number of hydrogen-bond donors (Lipinski definition) is 1. The molecule has 5 heteroatoms. The molecule has 2 aromatic rings. The standard InChI is InChI=1S/C23H25FN2O2/c1-15-2-4-16(5-3-15)12-22(27)26-20-10-11-21(26)14-19(13-20)25-23(28)17-6-8-18(24)9-7-17/h2-9,19-21H,10-14H2,1H3,(H,25,28). The summed E-state index contributed by atoms with van der Waals surface area (Å²) < 4.78 is 13.0. The summed E-state index contributed by atoms with van der Waals surface area (Å²) in [5, 5.41) is 3.07. The Morgan fingerprint density at radius 1 is 1.00 bits per heavy atom. The summed E-state index contributed by atoms with van der Waals surface area (Å²) in [7, 11) is 0. The Kier molecular flexibility index (Phi) is 5.16. The average Bonchev–Trinajstić information content (AvgIpc) is 2.95. The number of carbonyl (C=O) groups excluding carboxylic acids is 2. The van der Waals surface area contributed by atoms with Gasteiger partial charge in [0.05, 0.1) is 6.42 Å². The summed E-state index contributed by atoms with van der Waals surface area (Å²) in [6.07, 6.45) is 3.98. The van der Waals surface area contributed by atoms with Gasteiger partial charge in [0, 0.05) is 23.7 Å². The summed E-state index contributed by atoms with van der Waals surface area (Å²) in [5.41, 5.74) is 2.70. The number of nitrogens with one attached hydrogen (secondary N) is 1. The monoisotopic (exact) mass is 380 g/mol. The smallest absolute Gasteiger partial charge is 0.251 e. The molecule has 2 bridgehead atoms. The number of amides is 2. The first-order chi connectivity index (χ1) is 13.5. The molecule has 2 saturated heterocycles. The second kappa shape index (κ2) is 7.74. The SMILES string of the molecule is Cc1ccc(CC(=O)N2C3CCC2CC(NC(=O)c2ccc(F)cc2)C3)cc1. The fraction of sp³-hybridized carbons (Fsp3) is 0.391. The van der Waals surface area contributed by atoms with E-state index >= 15 is 0 Å². The first-order valence-electron chi connectivity index (χ1n) is 9.93. The fourth-order valence-electron chi connectivity index (χ4n) is 4.54. The highest BCUT2D eigenvalue weighted by Crippen LogP contribution is 2.36. The number of piperidine rings is 1. The van der Waals surface area contributed by atoms with Crippen molar-refractivity contribution in [2.75, 3.05) is 0 Å². The maximum absolute atomic E-state index is 13.0. The van der Waals surface area contributed by atoms with Crippen molar-refractivity contribution in [2.45, 2.75) is 57.2 Å². The third-order valence-corrected chi connectivity index (χ3v) is 5.94. The number of fused-ring (bicyclic) bond motifs is 2. The van der Waals surface area contributed by atoms with E-state index in [0.29, 0.717) is 12.0 Å². The van der Waals surface area contributed by atoms with Gasteiger partial charge in [-0.3, -0.25) is 9.59 Å². The van der Waals surface area contributed by atoms with Crippen LogP contribution in [0.25, 0.3) is 0 Å². The van der Waals surface area contributed by atoms with Crippen molar-refractivity contribution >= 4 is 11.8 Å². The summed E-state index contributed by atoms with van der Waals surface area (Å²) in [4.78, 5) is 27.4. The van der Waals surface area contributed by atoms with Crippen LogP contribution in [0.2, 0.25) is 0 Å². The molecule has 2 aliphatic heterocycles. The molecule has 2 aliphatic rings. The Morgan fingerprint density at radius 2 is 1.61 bits per heavy atom. The molecule has 1 N–H and O–H groups in total. The number of aryl methyl sites for hydroxylation is 1. The van der Waals surface area contributed by atoms with Crippen LogP contribution in [0.3, 0.4) is 0 Å². The van der Waals surface area contributed by atoms with E-state index in [1.54, 1.807) is 0 Å². The van der Waals surface area contributed by atoms with Crippen LogP contribution in [-0.2, 0) is 11.2 Å². The van der Waals surface area contributed by atoms with Crippen LogP contribution in [0.5, 0.6) is 0 Å². The molecular weight excluding hydrogens is 355 g/mol. The molecule has 0 saturated carbocycles. The van der Waals surface area contributed by atoms with E-state index in [0.717, 1.165) is 31.2 Å². The number of halogens is 1. The normalized spacial score (nSPS) is 23.5. The van der Waals surface area contributed by atoms with Crippen molar-refractivity contribution in [2.24, 2.45) is 0 Å². The van der Waals surface area contributed by atoms with E-state index in [-0.39, 0.29) is 35.8 Å². The number of rotatable bonds is 4. The highest BCUT2D eigenvalue weighted by molar-refractivity contribution is 5.94. The fourth-order valence-corrected chi connectivity index (χ4v) is 4.54. The van der Waals surface area contributed by atoms with Crippen molar-refractivity contribution < 1.29 is 14.0 Å². The Bertz CT molecular complexity index is 849. The van der Waals surface area contributed by atoms with Crippen molar-refractivity contribution in [1.82, 2.24) is 10.2 Å². The van der Waals surface area contributed by atoms with Gasteiger partial charge in [0.1, 0.15) is 5.82 Å². The van der Waals surface area contributed by atoms with Gasteiger partial charge in [0.25, 0.3) is 5.91 Å². The lowest BCUT2D eigenvalue weighted by atomic mass is 9.96. The second-order valence-corrected chi connectivity index (χ2v) is 8.00. The minimum atomic E-state index is -0.352. The first kappa shape index (κ1) is 18.7. The third-order valence-electron chi connectivity index (χ3n) is 5.94. The van der Waals surface area contributed by atoms with Crippen molar-refractivity contribution in [3.63, 3.8) is 0 Å². The summed E-state index contributed by atoms with van der Waals surface area (Å²) in [6.45, 7) is 2.04. The topological polar surface area (TPSA) is 49.4 Å². The van der Waals surface area contributed by atoms with Gasteiger partial charge in [-0.15, -0.1) is 0 Å². The molecule has 28 heavy (non-hydrogen) atoms. The molecule has 2 atom stereocenters. The van der Waals surface area contributed by atoms with Crippen LogP contribution in [0.1, 0.15) is 47.2 Å². The van der Waals surface area contributed by atoms with Crippen LogP contribution >= 0.6 is 0 Å². The Hall–Kier alpha value is -2.69. The number of nitrogens with zero attached hydrogens (tertiary/aromatic N) is 1. The highest BCUT2D eigenvalue weighted by Gasteiger charge is 2.43. The molecule has 2 fully saturated rings. The van der Waals surface area contributed by atoms with E-state index in [4.69, 9.17) is 0 Å². The molecule has 0 aliphatic carbocycles. The molecule has 0 spiro atoms. The zero-order valence-corrected chi connectivity index (χ0v) is 16.0. The van der Waals surface area contributed by atoms with E-state index in [2.05, 4.69) is 10.2 Å². The molecule has 4 rings (SSSR count). The van der Waals surface area contributed by atoms with Crippen LogP contribution in [0.4, 0.5) is 4.39 Å². The molecule has 0 radical (unpaired) electrons. The van der Waals surface area contributed by atoms with Gasteiger partial charge in [-0.05, 0) is 62.4 Å². The van der Waals surface area contributed by atoms with Gasteiger partial charge >= 0.3 is 0 Å². The Labute approximate surface area is 164 Å². The summed E-state index contributed by atoms with van der Waals surface area (Å²) in [5.74, 6) is -0.349.